The molecule has 0 unspecified atom stereocenters. The molecule has 3 nitrogen and oxygen atoms in total. The van der Waals surface area contributed by atoms with E-state index in [2.05, 4.69) is 11.4 Å². The number of nitrogen functional groups attached to an aromatic ring is 1. The van der Waals surface area contributed by atoms with Gasteiger partial charge in [-0.3, -0.25) is 4.79 Å². The van der Waals surface area contributed by atoms with E-state index in [0.29, 0.717) is 6.42 Å². The second-order valence-corrected chi connectivity index (χ2v) is 4.32. The molecule has 0 bridgehead atoms. The van der Waals surface area contributed by atoms with Gasteiger partial charge in [0.25, 0.3) is 0 Å². The van der Waals surface area contributed by atoms with Crippen LogP contribution in [0.25, 0.3) is 0 Å². The molecule has 0 saturated heterocycles. The molecule has 0 radical (unpaired) electrons. The Morgan fingerprint density at radius 3 is 3.12 bits per heavy atom. The number of fused-ring (bicyclic) bond motifs is 1. The van der Waals surface area contributed by atoms with Crippen molar-refractivity contribution in [2.45, 2.75) is 38.6 Å². The van der Waals surface area contributed by atoms with Gasteiger partial charge in [-0.25, -0.2) is 0 Å². The Labute approximate surface area is 96.0 Å². The van der Waals surface area contributed by atoms with Crippen molar-refractivity contribution in [3.8, 4) is 0 Å². The number of nitrogens with one attached hydrogen (secondary N) is 1. The van der Waals surface area contributed by atoms with Gasteiger partial charge in [-0.15, -0.1) is 0 Å². The molecule has 2 rings (SSSR count). The van der Waals surface area contributed by atoms with E-state index < -0.39 is 0 Å². The van der Waals surface area contributed by atoms with Crippen LogP contribution in [0.2, 0.25) is 0 Å². The van der Waals surface area contributed by atoms with E-state index in [1.807, 2.05) is 19.1 Å². The van der Waals surface area contributed by atoms with E-state index in [0.717, 1.165) is 24.9 Å². The van der Waals surface area contributed by atoms with E-state index in [1.54, 1.807) is 0 Å². The monoisotopic (exact) mass is 218 g/mol. The number of benzene rings is 1. The highest BCUT2D eigenvalue weighted by molar-refractivity contribution is 5.76. The Morgan fingerprint density at radius 2 is 2.38 bits per heavy atom. The van der Waals surface area contributed by atoms with Crippen LogP contribution in [0.3, 0.4) is 0 Å². The number of nitrogens with two attached hydrogens (primary N) is 1. The largest absolute Gasteiger partial charge is 0.398 e. The first kappa shape index (κ1) is 11.0. The molecule has 0 saturated carbocycles. The summed E-state index contributed by atoms with van der Waals surface area (Å²) in [6.07, 6.45) is 3.44. The summed E-state index contributed by atoms with van der Waals surface area (Å²) in [5, 5.41) is 3.07. The summed E-state index contributed by atoms with van der Waals surface area (Å²) in [5.41, 5.74) is 9.17. The fraction of sp³-hybridized carbons (Fsp3) is 0.462. The zero-order valence-electron chi connectivity index (χ0n) is 9.62. The third kappa shape index (κ3) is 2.03. The van der Waals surface area contributed by atoms with E-state index in [1.165, 1.54) is 11.1 Å². The summed E-state index contributed by atoms with van der Waals surface area (Å²) in [4.78, 5) is 11.6. The maximum Gasteiger partial charge on any atom is 0.220 e. The van der Waals surface area contributed by atoms with Gasteiger partial charge < -0.3 is 11.1 Å². The lowest BCUT2D eigenvalue weighted by Crippen LogP contribution is -2.26. The Kier molecular flexibility index (Phi) is 3.13. The summed E-state index contributed by atoms with van der Waals surface area (Å²) in [6, 6.07) is 6.11. The molecular weight excluding hydrogens is 200 g/mol. The van der Waals surface area contributed by atoms with Gasteiger partial charge >= 0.3 is 0 Å². The molecule has 1 atom stereocenters. The Hall–Kier alpha value is -1.51. The fourth-order valence-electron chi connectivity index (χ4n) is 2.33. The number of carbonyl (C=O) groups excluding carboxylic acids is 1. The Bertz CT molecular complexity index is 401. The van der Waals surface area contributed by atoms with Crippen molar-refractivity contribution in [1.29, 1.82) is 0 Å². The highest BCUT2D eigenvalue weighted by Gasteiger charge is 2.24. The van der Waals surface area contributed by atoms with Crippen LogP contribution in [0.5, 0.6) is 0 Å². The van der Waals surface area contributed by atoms with Gasteiger partial charge in [-0.2, -0.15) is 0 Å². The van der Waals surface area contributed by atoms with Crippen LogP contribution in [-0.4, -0.2) is 5.91 Å². The van der Waals surface area contributed by atoms with Crippen molar-refractivity contribution in [2.75, 3.05) is 5.73 Å². The molecule has 0 heterocycles. The van der Waals surface area contributed by atoms with Gasteiger partial charge in [-0.05, 0) is 36.5 Å². The van der Waals surface area contributed by atoms with Crippen LogP contribution >= 0.6 is 0 Å². The van der Waals surface area contributed by atoms with Gasteiger partial charge in [0, 0.05) is 12.1 Å². The van der Waals surface area contributed by atoms with Crippen molar-refractivity contribution in [2.24, 2.45) is 0 Å². The number of carbonyl (C=O) groups is 1. The van der Waals surface area contributed by atoms with Gasteiger partial charge in [0.1, 0.15) is 0 Å². The summed E-state index contributed by atoms with van der Waals surface area (Å²) in [5.74, 6) is 0.141. The van der Waals surface area contributed by atoms with Crippen LogP contribution in [0.1, 0.15) is 43.4 Å². The molecule has 1 aliphatic carbocycles. The summed E-state index contributed by atoms with van der Waals surface area (Å²) in [7, 11) is 0. The van der Waals surface area contributed by atoms with Crippen molar-refractivity contribution in [1.82, 2.24) is 5.32 Å². The molecule has 1 amide bonds. The van der Waals surface area contributed by atoms with Crippen molar-refractivity contribution < 1.29 is 4.79 Å². The standard InChI is InChI=1S/C13H18N2O/c1-2-4-13(16)15-12-8-7-9-10(12)5-3-6-11(9)14/h3,5-6,12H,2,4,7-8,14H2,1H3,(H,15,16)/t12-/m1/s1. The molecule has 1 aliphatic rings. The van der Waals surface area contributed by atoms with Crippen molar-refractivity contribution >= 4 is 11.6 Å². The molecule has 0 fully saturated rings. The first-order chi connectivity index (χ1) is 7.72. The van der Waals surface area contributed by atoms with Crippen LogP contribution < -0.4 is 11.1 Å². The third-order valence-corrected chi connectivity index (χ3v) is 3.12. The molecule has 1 aromatic rings. The van der Waals surface area contributed by atoms with E-state index >= 15 is 0 Å². The van der Waals surface area contributed by atoms with E-state index in [4.69, 9.17) is 5.73 Å². The number of anilines is 1. The zero-order chi connectivity index (χ0) is 11.5. The quantitative estimate of drug-likeness (QED) is 0.764. The number of hydrogen-bond donors (Lipinski definition) is 2. The van der Waals surface area contributed by atoms with Crippen molar-refractivity contribution in [3.05, 3.63) is 29.3 Å². The lowest BCUT2D eigenvalue weighted by Gasteiger charge is -2.14. The van der Waals surface area contributed by atoms with Crippen molar-refractivity contribution in [3.63, 3.8) is 0 Å². The van der Waals surface area contributed by atoms with E-state index in [9.17, 15) is 4.79 Å². The third-order valence-electron chi connectivity index (χ3n) is 3.12. The highest BCUT2D eigenvalue weighted by Crippen LogP contribution is 2.34. The smallest absolute Gasteiger partial charge is 0.220 e. The molecule has 1 aromatic carbocycles. The molecule has 0 spiro atoms. The van der Waals surface area contributed by atoms with Gasteiger partial charge in [0.2, 0.25) is 5.91 Å². The first-order valence-electron chi connectivity index (χ1n) is 5.89. The molecule has 0 aliphatic heterocycles. The summed E-state index contributed by atoms with van der Waals surface area (Å²) < 4.78 is 0. The molecular formula is C13H18N2O. The normalized spacial score (nSPS) is 18.2. The minimum atomic E-state index is 0.141. The van der Waals surface area contributed by atoms with Crippen LogP contribution in [-0.2, 0) is 11.2 Å². The fourth-order valence-corrected chi connectivity index (χ4v) is 2.33. The lowest BCUT2D eigenvalue weighted by molar-refractivity contribution is -0.121. The summed E-state index contributed by atoms with van der Waals surface area (Å²) >= 11 is 0. The average molecular weight is 218 g/mol. The maximum atomic E-state index is 11.6. The maximum absolute atomic E-state index is 11.6. The van der Waals surface area contributed by atoms with E-state index in [-0.39, 0.29) is 11.9 Å². The highest BCUT2D eigenvalue weighted by atomic mass is 16.1. The lowest BCUT2D eigenvalue weighted by atomic mass is 10.1. The molecule has 3 heteroatoms. The molecule has 3 N–H and O–H groups in total. The number of hydrogen-bond acceptors (Lipinski definition) is 2. The molecule has 86 valence electrons. The van der Waals surface area contributed by atoms with Gasteiger partial charge in [-0.1, -0.05) is 19.1 Å². The Morgan fingerprint density at radius 1 is 1.56 bits per heavy atom. The first-order valence-corrected chi connectivity index (χ1v) is 5.89. The van der Waals surface area contributed by atoms with Crippen LogP contribution in [0.15, 0.2) is 18.2 Å². The van der Waals surface area contributed by atoms with Crippen LogP contribution in [0, 0.1) is 0 Å². The average Bonchev–Trinajstić information content (AvgIpc) is 2.64. The minimum Gasteiger partial charge on any atom is -0.398 e. The Balaban J connectivity index is 2.12. The zero-order valence-corrected chi connectivity index (χ0v) is 9.62. The minimum absolute atomic E-state index is 0.141. The van der Waals surface area contributed by atoms with Gasteiger partial charge in [0.05, 0.1) is 6.04 Å². The second-order valence-electron chi connectivity index (χ2n) is 4.32. The topological polar surface area (TPSA) is 55.1 Å². The number of rotatable bonds is 3. The summed E-state index contributed by atoms with van der Waals surface area (Å²) in [6.45, 7) is 2.01. The predicted molar refractivity (Wildman–Crippen MR) is 65.0 cm³/mol. The number of amides is 1. The predicted octanol–water partition coefficient (Wildman–Crippen LogP) is 2.17. The van der Waals surface area contributed by atoms with Crippen LogP contribution in [0.4, 0.5) is 5.69 Å². The van der Waals surface area contributed by atoms with Gasteiger partial charge in [0.15, 0.2) is 0 Å². The molecule has 0 aromatic heterocycles. The SMILES string of the molecule is CCCC(=O)N[C@@H]1CCc2c(N)cccc21. The molecule has 16 heavy (non-hydrogen) atoms. The second kappa shape index (κ2) is 4.56.